The second-order valence-electron chi connectivity index (χ2n) is 2.69. The van der Waals surface area contributed by atoms with E-state index < -0.39 is 15.0 Å². The third-order valence-corrected chi connectivity index (χ3v) is 4.17. The van der Waals surface area contributed by atoms with Crippen LogP contribution in [0.4, 0.5) is 0 Å². The average Bonchev–Trinajstić information content (AvgIpc) is 2.46. The monoisotopic (exact) mass is 268 g/mol. The summed E-state index contributed by atoms with van der Waals surface area (Å²) in [6.45, 7) is 3.42. The zero-order chi connectivity index (χ0) is 11.6. The SMILES string of the molecule is CCOC(=O)c1csc(C)c1S(=O)(=O)Cl. The second-order valence-corrected chi connectivity index (χ2v) is 6.28. The fourth-order valence-electron chi connectivity index (χ4n) is 1.10. The predicted molar refractivity (Wildman–Crippen MR) is 58.1 cm³/mol. The van der Waals surface area contributed by atoms with Gasteiger partial charge >= 0.3 is 5.97 Å². The van der Waals surface area contributed by atoms with E-state index in [1.807, 2.05) is 0 Å². The summed E-state index contributed by atoms with van der Waals surface area (Å²) in [5.74, 6) is -0.666. The van der Waals surface area contributed by atoms with Crippen molar-refractivity contribution in [2.24, 2.45) is 0 Å². The summed E-state index contributed by atoms with van der Waals surface area (Å²) in [5, 5.41) is 1.43. The average molecular weight is 269 g/mol. The summed E-state index contributed by atoms with van der Waals surface area (Å²) >= 11 is 1.15. The van der Waals surface area contributed by atoms with Crippen LogP contribution in [0, 0.1) is 6.92 Å². The molecule has 0 bridgehead atoms. The molecule has 1 aromatic rings. The van der Waals surface area contributed by atoms with Crippen molar-refractivity contribution in [3.05, 3.63) is 15.8 Å². The maximum absolute atomic E-state index is 11.4. The highest BCUT2D eigenvalue weighted by atomic mass is 35.7. The van der Waals surface area contributed by atoms with Crippen LogP contribution in [-0.4, -0.2) is 21.0 Å². The van der Waals surface area contributed by atoms with Crippen LogP contribution < -0.4 is 0 Å². The molecule has 84 valence electrons. The molecular weight excluding hydrogens is 260 g/mol. The summed E-state index contributed by atoms with van der Waals surface area (Å²) in [7, 11) is 1.32. The van der Waals surface area contributed by atoms with Gasteiger partial charge < -0.3 is 4.74 Å². The Balaban J connectivity index is 3.27. The van der Waals surface area contributed by atoms with Crippen LogP contribution in [0.3, 0.4) is 0 Å². The van der Waals surface area contributed by atoms with E-state index in [1.165, 1.54) is 5.38 Å². The molecule has 7 heteroatoms. The normalized spacial score (nSPS) is 11.4. The third-order valence-electron chi connectivity index (χ3n) is 1.66. The molecule has 0 aliphatic carbocycles. The number of rotatable bonds is 3. The van der Waals surface area contributed by atoms with Gasteiger partial charge in [-0.1, -0.05) is 0 Å². The molecule has 0 aliphatic rings. The molecule has 0 unspecified atom stereocenters. The van der Waals surface area contributed by atoms with Crippen LogP contribution in [0.15, 0.2) is 10.3 Å². The lowest BCUT2D eigenvalue weighted by atomic mass is 10.3. The molecule has 0 fully saturated rings. The second kappa shape index (κ2) is 4.51. The standard InChI is InChI=1S/C8H9ClO4S2/c1-3-13-8(10)6-4-14-5(2)7(6)15(9,11)12/h4H,3H2,1-2H3. The smallest absolute Gasteiger partial charge is 0.340 e. The Morgan fingerprint density at radius 3 is 2.67 bits per heavy atom. The van der Waals surface area contributed by atoms with Gasteiger partial charge in [0.05, 0.1) is 12.2 Å². The molecular formula is C8H9ClO4S2. The van der Waals surface area contributed by atoms with Crippen LogP contribution >= 0.6 is 22.0 Å². The molecule has 15 heavy (non-hydrogen) atoms. The van der Waals surface area contributed by atoms with Crippen molar-refractivity contribution >= 4 is 37.0 Å². The molecule has 0 N–H and O–H groups in total. The topological polar surface area (TPSA) is 60.4 Å². The molecule has 1 aromatic heterocycles. The minimum Gasteiger partial charge on any atom is -0.462 e. The van der Waals surface area contributed by atoms with Gasteiger partial charge in [-0.05, 0) is 13.8 Å². The number of carbonyl (C=O) groups excluding carboxylic acids is 1. The zero-order valence-corrected chi connectivity index (χ0v) is 10.5. The number of halogens is 1. The van der Waals surface area contributed by atoms with Gasteiger partial charge in [0.2, 0.25) is 0 Å². The van der Waals surface area contributed by atoms with Crippen molar-refractivity contribution in [2.45, 2.75) is 18.7 Å². The van der Waals surface area contributed by atoms with E-state index in [9.17, 15) is 13.2 Å². The minimum atomic E-state index is -3.90. The molecule has 0 radical (unpaired) electrons. The largest absolute Gasteiger partial charge is 0.462 e. The van der Waals surface area contributed by atoms with E-state index in [0.29, 0.717) is 4.88 Å². The van der Waals surface area contributed by atoms with Gasteiger partial charge in [-0.3, -0.25) is 0 Å². The lowest BCUT2D eigenvalue weighted by Gasteiger charge is -2.01. The lowest BCUT2D eigenvalue weighted by Crippen LogP contribution is -2.07. The van der Waals surface area contributed by atoms with Gasteiger partial charge in [-0.15, -0.1) is 11.3 Å². The number of carbonyl (C=O) groups is 1. The molecule has 0 saturated heterocycles. The molecule has 0 saturated carbocycles. The molecule has 0 atom stereocenters. The quantitative estimate of drug-likeness (QED) is 0.623. The minimum absolute atomic E-state index is 0.00866. The number of hydrogen-bond donors (Lipinski definition) is 0. The summed E-state index contributed by atoms with van der Waals surface area (Å²) in [6.07, 6.45) is 0. The Labute approximate surface area is 96.2 Å². The van der Waals surface area contributed by atoms with Crippen molar-refractivity contribution in [3.63, 3.8) is 0 Å². The lowest BCUT2D eigenvalue weighted by molar-refractivity contribution is 0.0522. The Morgan fingerprint density at radius 1 is 1.60 bits per heavy atom. The number of hydrogen-bond acceptors (Lipinski definition) is 5. The Hall–Kier alpha value is -0.590. The van der Waals surface area contributed by atoms with Gasteiger partial charge in [-0.25, -0.2) is 13.2 Å². The first-order valence-corrected chi connectivity index (χ1v) is 7.26. The highest BCUT2D eigenvalue weighted by molar-refractivity contribution is 8.14. The van der Waals surface area contributed by atoms with E-state index in [0.717, 1.165) is 11.3 Å². The number of ether oxygens (including phenoxy) is 1. The van der Waals surface area contributed by atoms with Crippen LogP contribution in [-0.2, 0) is 13.8 Å². The summed E-state index contributed by atoms with van der Waals surface area (Å²) < 4.78 is 27.1. The van der Waals surface area contributed by atoms with Crippen molar-refractivity contribution in [2.75, 3.05) is 6.61 Å². The molecule has 1 heterocycles. The first kappa shape index (κ1) is 12.5. The van der Waals surface area contributed by atoms with Crippen molar-refractivity contribution < 1.29 is 17.9 Å². The number of esters is 1. The number of aryl methyl sites for hydroxylation is 1. The van der Waals surface area contributed by atoms with E-state index in [2.05, 4.69) is 0 Å². The van der Waals surface area contributed by atoms with Crippen LogP contribution in [0.25, 0.3) is 0 Å². The van der Waals surface area contributed by atoms with E-state index in [1.54, 1.807) is 13.8 Å². The predicted octanol–water partition coefficient (Wildman–Crippen LogP) is 2.16. The van der Waals surface area contributed by atoms with E-state index in [4.69, 9.17) is 15.4 Å². The van der Waals surface area contributed by atoms with E-state index in [-0.39, 0.29) is 17.1 Å². The van der Waals surface area contributed by atoms with Crippen LogP contribution in [0.5, 0.6) is 0 Å². The third kappa shape index (κ3) is 2.70. The zero-order valence-electron chi connectivity index (χ0n) is 8.11. The van der Waals surface area contributed by atoms with Gasteiger partial charge in [0.15, 0.2) is 0 Å². The van der Waals surface area contributed by atoms with Gasteiger partial charge in [0.1, 0.15) is 4.90 Å². The fourth-order valence-corrected chi connectivity index (χ4v) is 3.85. The molecule has 0 aliphatic heterocycles. The Morgan fingerprint density at radius 2 is 2.20 bits per heavy atom. The highest BCUT2D eigenvalue weighted by Gasteiger charge is 2.25. The van der Waals surface area contributed by atoms with Gasteiger partial charge in [-0.2, -0.15) is 0 Å². The fraction of sp³-hybridized carbons (Fsp3) is 0.375. The maximum Gasteiger partial charge on any atom is 0.340 e. The first-order chi connectivity index (χ1) is 6.88. The van der Waals surface area contributed by atoms with Gasteiger partial charge in [0, 0.05) is 20.9 Å². The van der Waals surface area contributed by atoms with E-state index >= 15 is 0 Å². The Kier molecular flexibility index (Phi) is 3.75. The van der Waals surface area contributed by atoms with Crippen molar-refractivity contribution in [3.8, 4) is 0 Å². The molecule has 1 rings (SSSR count). The summed E-state index contributed by atoms with van der Waals surface area (Å²) in [4.78, 5) is 11.7. The number of thiophene rings is 1. The molecule has 0 amide bonds. The first-order valence-electron chi connectivity index (χ1n) is 4.07. The molecule has 4 nitrogen and oxygen atoms in total. The van der Waals surface area contributed by atoms with Crippen LogP contribution in [0.2, 0.25) is 0 Å². The van der Waals surface area contributed by atoms with Gasteiger partial charge in [0.25, 0.3) is 9.05 Å². The molecule has 0 spiro atoms. The van der Waals surface area contributed by atoms with Crippen molar-refractivity contribution in [1.82, 2.24) is 0 Å². The summed E-state index contributed by atoms with van der Waals surface area (Å²) in [5.41, 5.74) is 0.00866. The van der Waals surface area contributed by atoms with Crippen LogP contribution in [0.1, 0.15) is 22.2 Å². The summed E-state index contributed by atoms with van der Waals surface area (Å²) in [6, 6.07) is 0. The Bertz CT molecular complexity index is 475. The highest BCUT2D eigenvalue weighted by Crippen LogP contribution is 2.29. The molecule has 0 aromatic carbocycles. The maximum atomic E-state index is 11.4. The van der Waals surface area contributed by atoms with Crippen molar-refractivity contribution in [1.29, 1.82) is 0 Å².